The minimum absolute atomic E-state index is 0.242. The van der Waals surface area contributed by atoms with Gasteiger partial charge in [0.1, 0.15) is 0 Å². The largest absolute Gasteiger partial charge is 0.338 e. The van der Waals surface area contributed by atoms with Crippen molar-refractivity contribution >= 4 is 11.9 Å². The second kappa shape index (κ2) is 7.83. The Hall–Kier alpha value is -2.47. The van der Waals surface area contributed by atoms with E-state index in [0.717, 1.165) is 58.1 Å². The highest BCUT2D eigenvalue weighted by Gasteiger charge is 2.24. The van der Waals surface area contributed by atoms with Gasteiger partial charge in [0, 0.05) is 51.7 Å². The Morgan fingerprint density at radius 2 is 1.65 bits per heavy atom. The summed E-state index contributed by atoms with van der Waals surface area (Å²) in [6, 6.07) is 10.3. The number of piperazine rings is 1. The van der Waals surface area contributed by atoms with Crippen LogP contribution in [0.25, 0.3) is 0 Å². The zero-order valence-corrected chi connectivity index (χ0v) is 15.0. The molecule has 1 saturated heterocycles. The second-order valence-corrected chi connectivity index (χ2v) is 7.00. The zero-order chi connectivity index (χ0) is 17.8. The van der Waals surface area contributed by atoms with Gasteiger partial charge in [0.05, 0.1) is 6.54 Å². The molecule has 6 heteroatoms. The molecule has 0 atom stereocenters. The van der Waals surface area contributed by atoms with Crippen molar-refractivity contribution in [2.45, 2.75) is 19.4 Å². The molecule has 0 spiro atoms. The lowest BCUT2D eigenvalue weighted by Gasteiger charge is -2.35. The summed E-state index contributed by atoms with van der Waals surface area (Å²) in [5.41, 5.74) is 2.68. The molecule has 1 aromatic heterocycles. The minimum Gasteiger partial charge on any atom is -0.338 e. The van der Waals surface area contributed by atoms with E-state index in [9.17, 15) is 4.79 Å². The summed E-state index contributed by atoms with van der Waals surface area (Å²) in [7, 11) is 0. The summed E-state index contributed by atoms with van der Waals surface area (Å²) in [6.07, 6.45) is 5.66. The number of anilines is 1. The fourth-order valence-corrected chi connectivity index (χ4v) is 3.77. The highest BCUT2D eigenvalue weighted by atomic mass is 16.2. The number of aromatic nitrogens is 2. The molecule has 6 nitrogen and oxygen atoms in total. The molecular weight excluding hydrogens is 326 g/mol. The summed E-state index contributed by atoms with van der Waals surface area (Å²) in [5.74, 6) is 1.02. The quantitative estimate of drug-likeness (QED) is 0.840. The van der Waals surface area contributed by atoms with Gasteiger partial charge >= 0.3 is 0 Å². The third kappa shape index (κ3) is 3.85. The van der Waals surface area contributed by atoms with Crippen molar-refractivity contribution in [3.05, 3.63) is 53.9 Å². The Kier molecular flexibility index (Phi) is 5.11. The van der Waals surface area contributed by atoms with Gasteiger partial charge in [-0.1, -0.05) is 24.3 Å². The Labute approximate surface area is 154 Å². The maximum Gasteiger partial charge on any atom is 0.237 e. The number of carbonyl (C=O) groups is 1. The number of carbonyl (C=O) groups excluding carboxylic acids is 1. The van der Waals surface area contributed by atoms with Crippen molar-refractivity contribution in [2.75, 3.05) is 44.2 Å². The SMILES string of the molecule is O=C(CN1CCN(c2ncccn2)CC1)N1CCCc2ccccc2C1. The number of benzene rings is 1. The fraction of sp³-hybridized carbons (Fsp3) is 0.450. The van der Waals surface area contributed by atoms with Gasteiger partial charge < -0.3 is 9.80 Å². The molecule has 2 aromatic rings. The molecule has 0 bridgehead atoms. The Morgan fingerprint density at radius 3 is 2.42 bits per heavy atom. The predicted octanol–water partition coefficient (Wildman–Crippen LogP) is 1.57. The van der Waals surface area contributed by atoms with E-state index in [1.807, 2.05) is 11.0 Å². The average Bonchev–Trinajstić information content (AvgIpc) is 2.92. The molecule has 2 aliphatic rings. The number of nitrogens with zero attached hydrogens (tertiary/aromatic N) is 5. The third-order valence-electron chi connectivity index (χ3n) is 5.27. The molecule has 1 aromatic carbocycles. The normalized spacial score (nSPS) is 18.3. The van der Waals surface area contributed by atoms with Gasteiger partial charge in [-0.05, 0) is 30.0 Å². The smallest absolute Gasteiger partial charge is 0.237 e. The Bertz CT molecular complexity index is 743. The first-order chi connectivity index (χ1) is 12.8. The van der Waals surface area contributed by atoms with Crippen molar-refractivity contribution in [1.82, 2.24) is 19.8 Å². The molecule has 26 heavy (non-hydrogen) atoms. The second-order valence-electron chi connectivity index (χ2n) is 7.00. The fourth-order valence-electron chi connectivity index (χ4n) is 3.77. The van der Waals surface area contributed by atoms with Gasteiger partial charge in [-0.3, -0.25) is 9.69 Å². The Balaban J connectivity index is 1.32. The van der Waals surface area contributed by atoms with Crippen LogP contribution in [0.3, 0.4) is 0 Å². The van der Waals surface area contributed by atoms with E-state index in [2.05, 4.69) is 44.0 Å². The first kappa shape index (κ1) is 17.0. The summed E-state index contributed by atoms with van der Waals surface area (Å²) < 4.78 is 0. The molecule has 4 rings (SSSR count). The van der Waals surface area contributed by atoms with Gasteiger partial charge in [-0.25, -0.2) is 9.97 Å². The summed E-state index contributed by atoms with van der Waals surface area (Å²) in [5, 5.41) is 0. The molecule has 136 valence electrons. The highest BCUT2D eigenvalue weighted by Crippen LogP contribution is 2.19. The van der Waals surface area contributed by atoms with Crippen molar-refractivity contribution in [3.8, 4) is 0 Å². The van der Waals surface area contributed by atoms with E-state index < -0.39 is 0 Å². The molecular formula is C20H25N5O. The molecule has 0 saturated carbocycles. The van der Waals surface area contributed by atoms with Crippen LogP contribution in [0.5, 0.6) is 0 Å². The van der Waals surface area contributed by atoms with E-state index in [0.29, 0.717) is 6.54 Å². The monoisotopic (exact) mass is 351 g/mol. The average molecular weight is 351 g/mol. The number of aryl methyl sites for hydroxylation is 1. The molecule has 0 aliphatic carbocycles. The van der Waals surface area contributed by atoms with Crippen LogP contribution < -0.4 is 4.90 Å². The summed E-state index contributed by atoms with van der Waals surface area (Å²) in [6.45, 7) is 5.56. The summed E-state index contributed by atoms with van der Waals surface area (Å²) >= 11 is 0. The first-order valence-electron chi connectivity index (χ1n) is 9.38. The van der Waals surface area contributed by atoms with Crippen molar-refractivity contribution < 1.29 is 4.79 Å². The molecule has 0 N–H and O–H groups in total. The number of hydrogen-bond donors (Lipinski definition) is 0. The number of fused-ring (bicyclic) bond motifs is 1. The molecule has 1 amide bonds. The van der Waals surface area contributed by atoms with Crippen LogP contribution in [0.1, 0.15) is 17.5 Å². The van der Waals surface area contributed by atoms with Gasteiger partial charge in [0.25, 0.3) is 0 Å². The molecule has 2 aliphatic heterocycles. The van der Waals surface area contributed by atoms with E-state index in [1.54, 1.807) is 12.4 Å². The Morgan fingerprint density at radius 1 is 0.923 bits per heavy atom. The topological polar surface area (TPSA) is 52.6 Å². The molecule has 0 unspecified atom stereocenters. The number of hydrogen-bond acceptors (Lipinski definition) is 5. The lowest BCUT2D eigenvalue weighted by atomic mass is 10.0. The highest BCUT2D eigenvalue weighted by molar-refractivity contribution is 5.78. The maximum absolute atomic E-state index is 12.8. The van der Waals surface area contributed by atoms with Gasteiger partial charge in [-0.15, -0.1) is 0 Å². The van der Waals surface area contributed by atoms with Gasteiger partial charge in [-0.2, -0.15) is 0 Å². The van der Waals surface area contributed by atoms with E-state index in [1.165, 1.54) is 11.1 Å². The minimum atomic E-state index is 0.242. The standard InChI is InChI=1S/C20H25N5O/c26-19(25-10-3-7-17-5-1-2-6-18(17)15-25)16-23-11-13-24(14-12-23)20-21-8-4-9-22-20/h1-2,4-6,8-9H,3,7,10-16H2. The van der Waals surface area contributed by atoms with Crippen LogP contribution in [-0.2, 0) is 17.8 Å². The van der Waals surface area contributed by atoms with Crippen LogP contribution >= 0.6 is 0 Å². The lowest BCUT2D eigenvalue weighted by Crippen LogP contribution is -2.50. The third-order valence-corrected chi connectivity index (χ3v) is 5.27. The number of rotatable bonds is 3. The van der Waals surface area contributed by atoms with Crippen LogP contribution in [0.15, 0.2) is 42.7 Å². The molecule has 1 fully saturated rings. The van der Waals surface area contributed by atoms with E-state index in [-0.39, 0.29) is 5.91 Å². The number of amides is 1. The van der Waals surface area contributed by atoms with Crippen molar-refractivity contribution in [2.24, 2.45) is 0 Å². The lowest BCUT2D eigenvalue weighted by molar-refractivity contribution is -0.133. The van der Waals surface area contributed by atoms with Crippen LogP contribution in [0.2, 0.25) is 0 Å². The molecule has 0 radical (unpaired) electrons. The zero-order valence-electron chi connectivity index (χ0n) is 15.0. The van der Waals surface area contributed by atoms with E-state index in [4.69, 9.17) is 0 Å². The van der Waals surface area contributed by atoms with Crippen LogP contribution in [0, 0.1) is 0 Å². The predicted molar refractivity (Wildman–Crippen MR) is 101 cm³/mol. The van der Waals surface area contributed by atoms with Crippen molar-refractivity contribution in [1.29, 1.82) is 0 Å². The van der Waals surface area contributed by atoms with Crippen LogP contribution in [0.4, 0.5) is 5.95 Å². The van der Waals surface area contributed by atoms with Gasteiger partial charge in [0.15, 0.2) is 0 Å². The van der Waals surface area contributed by atoms with Gasteiger partial charge in [0.2, 0.25) is 11.9 Å². The molecule has 3 heterocycles. The van der Waals surface area contributed by atoms with E-state index >= 15 is 0 Å². The summed E-state index contributed by atoms with van der Waals surface area (Å²) in [4.78, 5) is 27.9. The maximum atomic E-state index is 12.8. The van der Waals surface area contributed by atoms with Crippen LogP contribution in [-0.4, -0.2) is 64.9 Å². The van der Waals surface area contributed by atoms with Crippen molar-refractivity contribution in [3.63, 3.8) is 0 Å². The first-order valence-corrected chi connectivity index (χ1v) is 9.38.